The summed E-state index contributed by atoms with van der Waals surface area (Å²) in [5.41, 5.74) is 0. The molecule has 0 aliphatic heterocycles. The Bertz CT molecular complexity index is 691. The molecule has 0 saturated heterocycles. The van der Waals surface area contributed by atoms with Crippen LogP contribution in [-0.4, -0.2) is 41.1 Å². The monoisotopic (exact) mass is 310 g/mol. The van der Waals surface area contributed by atoms with Gasteiger partial charge in [-0.15, -0.1) is 0 Å². The third-order valence-corrected chi connectivity index (χ3v) is 3.54. The normalized spacial score (nSPS) is 13.2. The highest BCUT2D eigenvalue weighted by atomic mass is 32.2. The third kappa shape index (κ3) is 4.70. The van der Waals surface area contributed by atoms with Crippen molar-refractivity contribution in [2.75, 3.05) is 26.6 Å². The molecule has 0 bridgehead atoms. The van der Waals surface area contributed by atoms with Gasteiger partial charge in [0.2, 0.25) is 0 Å². The first kappa shape index (κ1) is 15.8. The molecule has 2 aromatic rings. The first-order valence-corrected chi connectivity index (χ1v) is 8.29. The van der Waals surface area contributed by atoms with E-state index in [1.807, 2.05) is 42.5 Å². The number of rotatable bonds is 7. The topological polar surface area (TPSA) is 61.8 Å². The highest BCUT2D eigenvalue weighted by molar-refractivity contribution is 7.85. The SMILES string of the molecule is CO[C@@H](COc1cccc2ccccc12)COS(C)(=O)=O. The maximum absolute atomic E-state index is 11.0. The summed E-state index contributed by atoms with van der Waals surface area (Å²) in [5, 5.41) is 2.08. The molecule has 114 valence electrons. The second-order valence-electron chi connectivity index (χ2n) is 4.63. The van der Waals surface area contributed by atoms with Crippen LogP contribution < -0.4 is 4.74 Å². The molecule has 5 nitrogen and oxygen atoms in total. The van der Waals surface area contributed by atoms with Crippen LogP contribution in [0.1, 0.15) is 0 Å². The standard InChI is InChI=1S/C15H18O5S/c1-18-13(11-20-21(2,16)17)10-19-15-9-5-7-12-6-3-4-8-14(12)15/h3-9,13H,10-11H2,1-2H3/t13-/m0/s1. The van der Waals surface area contributed by atoms with E-state index in [4.69, 9.17) is 13.7 Å². The van der Waals surface area contributed by atoms with Crippen molar-refractivity contribution in [3.63, 3.8) is 0 Å². The fourth-order valence-electron chi connectivity index (χ4n) is 1.89. The Morgan fingerprint density at radius 3 is 2.48 bits per heavy atom. The van der Waals surface area contributed by atoms with Crippen LogP contribution >= 0.6 is 0 Å². The van der Waals surface area contributed by atoms with E-state index in [9.17, 15) is 8.42 Å². The van der Waals surface area contributed by atoms with Gasteiger partial charge in [-0.25, -0.2) is 0 Å². The van der Waals surface area contributed by atoms with E-state index in [0.717, 1.165) is 22.8 Å². The Morgan fingerprint density at radius 1 is 1.05 bits per heavy atom. The average Bonchev–Trinajstić information content (AvgIpc) is 2.46. The van der Waals surface area contributed by atoms with Crippen molar-refractivity contribution in [3.8, 4) is 5.75 Å². The molecule has 0 fully saturated rings. The Labute approximate surface area is 124 Å². The van der Waals surface area contributed by atoms with E-state index in [1.54, 1.807) is 0 Å². The van der Waals surface area contributed by atoms with Crippen LogP contribution in [0, 0.1) is 0 Å². The minimum absolute atomic E-state index is 0.0693. The van der Waals surface area contributed by atoms with Crippen molar-refractivity contribution < 1.29 is 22.1 Å². The Hall–Kier alpha value is -1.63. The van der Waals surface area contributed by atoms with Crippen molar-refractivity contribution in [1.82, 2.24) is 0 Å². The lowest BCUT2D eigenvalue weighted by Gasteiger charge is -2.16. The summed E-state index contributed by atoms with van der Waals surface area (Å²) in [6.07, 6.45) is 0.546. The van der Waals surface area contributed by atoms with Crippen LogP contribution in [0.25, 0.3) is 10.8 Å². The van der Waals surface area contributed by atoms with E-state index in [-0.39, 0.29) is 13.2 Å². The lowest BCUT2D eigenvalue weighted by molar-refractivity contribution is 0.0261. The number of benzene rings is 2. The maximum Gasteiger partial charge on any atom is 0.264 e. The van der Waals surface area contributed by atoms with E-state index in [0.29, 0.717) is 0 Å². The first-order chi connectivity index (χ1) is 9.99. The van der Waals surface area contributed by atoms with Gasteiger partial charge in [0.15, 0.2) is 0 Å². The molecule has 0 unspecified atom stereocenters. The largest absolute Gasteiger partial charge is 0.490 e. The summed E-state index contributed by atoms with van der Waals surface area (Å²) in [6.45, 7) is 0.139. The summed E-state index contributed by atoms with van der Waals surface area (Å²) in [4.78, 5) is 0. The average molecular weight is 310 g/mol. The van der Waals surface area contributed by atoms with Gasteiger partial charge >= 0.3 is 0 Å². The van der Waals surface area contributed by atoms with Crippen LogP contribution in [-0.2, 0) is 19.0 Å². The molecule has 0 N–H and O–H groups in total. The number of hydrogen-bond acceptors (Lipinski definition) is 5. The zero-order chi connectivity index (χ0) is 15.3. The third-order valence-electron chi connectivity index (χ3n) is 2.98. The lowest BCUT2D eigenvalue weighted by Crippen LogP contribution is -2.27. The number of hydrogen-bond donors (Lipinski definition) is 0. The molecule has 6 heteroatoms. The van der Waals surface area contributed by atoms with Gasteiger partial charge in [0.05, 0.1) is 12.9 Å². The van der Waals surface area contributed by atoms with Crippen molar-refractivity contribution in [1.29, 1.82) is 0 Å². The fourth-order valence-corrected chi connectivity index (χ4v) is 2.29. The number of ether oxygens (including phenoxy) is 2. The second kappa shape index (κ2) is 6.89. The molecule has 0 heterocycles. The Morgan fingerprint density at radius 2 is 1.76 bits per heavy atom. The Balaban J connectivity index is 2.03. The number of methoxy groups -OCH3 is 1. The van der Waals surface area contributed by atoms with Gasteiger partial charge in [-0.3, -0.25) is 4.18 Å². The maximum atomic E-state index is 11.0. The molecular formula is C15H18O5S. The van der Waals surface area contributed by atoms with Crippen molar-refractivity contribution >= 4 is 20.9 Å². The smallest absolute Gasteiger partial charge is 0.264 e. The van der Waals surface area contributed by atoms with Gasteiger partial charge in [-0.1, -0.05) is 36.4 Å². The molecule has 0 radical (unpaired) electrons. The zero-order valence-corrected chi connectivity index (χ0v) is 12.8. The predicted molar refractivity (Wildman–Crippen MR) is 81.0 cm³/mol. The van der Waals surface area contributed by atoms with Crippen molar-refractivity contribution in [3.05, 3.63) is 42.5 Å². The van der Waals surface area contributed by atoms with E-state index in [2.05, 4.69) is 0 Å². The minimum Gasteiger partial charge on any atom is -0.490 e. The molecule has 0 amide bonds. The molecule has 2 aromatic carbocycles. The summed E-state index contributed by atoms with van der Waals surface area (Å²) in [6, 6.07) is 13.7. The van der Waals surface area contributed by atoms with Crippen molar-refractivity contribution in [2.45, 2.75) is 6.10 Å². The lowest BCUT2D eigenvalue weighted by atomic mass is 10.1. The van der Waals surface area contributed by atoms with Gasteiger partial charge in [-0.2, -0.15) is 8.42 Å². The van der Waals surface area contributed by atoms with Gasteiger partial charge < -0.3 is 9.47 Å². The molecule has 0 aliphatic rings. The summed E-state index contributed by atoms with van der Waals surface area (Å²) in [5.74, 6) is 0.731. The molecule has 0 spiro atoms. The van der Waals surface area contributed by atoms with E-state index in [1.165, 1.54) is 7.11 Å². The van der Waals surface area contributed by atoms with Gasteiger partial charge in [0, 0.05) is 12.5 Å². The second-order valence-corrected chi connectivity index (χ2v) is 6.28. The van der Waals surface area contributed by atoms with Crippen LogP contribution in [0.5, 0.6) is 5.75 Å². The molecule has 21 heavy (non-hydrogen) atoms. The molecule has 0 aliphatic carbocycles. The summed E-state index contributed by atoms with van der Waals surface area (Å²) in [7, 11) is -1.99. The molecule has 1 atom stereocenters. The molecular weight excluding hydrogens is 292 g/mol. The van der Waals surface area contributed by atoms with Crippen LogP contribution in [0.15, 0.2) is 42.5 Å². The van der Waals surface area contributed by atoms with Gasteiger partial charge in [-0.05, 0) is 11.5 Å². The van der Waals surface area contributed by atoms with Gasteiger partial charge in [0.1, 0.15) is 18.5 Å². The van der Waals surface area contributed by atoms with Crippen LogP contribution in [0.4, 0.5) is 0 Å². The highest BCUT2D eigenvalue weighted by Crippen LogP contribution is 2.25. The fraction of sp³-hybridized carbons (Fsp3) is 0.333. The summed E-state index contributed by atoms with van der Waals surface area (Å²) >= 11 is 0. The number of fused-ring (bicyclic) bond motifs is 1. The first-order valence-electron chi connectivity index (χ1n) is 6.47. The van der Waals surface area contributed by atoms with Crippen molar-refractivity contribution in [2.24, 2.45) is 0 Å². The quantitative estimate of drug-likeness (QED) is 0.734. The highest BCUT2D eigenvalue weighted by Gasteiger charge is 2.13. The molecule has 2 rings (SSSR count). The van der Waals surface area contributed by atoms with Gasteiger partial charge in [0.25, 0.3) is 10.1 Å². The van der Waals surface area contributed by atoms with E-state index >= 15 is 0 Å². The predicted octanol–water partition coefficient (Wildman–Crippen LogP) is 2.21. The Kier molecular flexibility index (Phi) is 5.17. The molecule has 0 saturated carbocycles. The van der Waals surface area contributed by atoms with Crippen LogP contribution in [0.2, 0.25) is 0 Å². The summed E-state index contributed by atoms with van der Waals surface area (Å²) < 4.78 is 37.6. The van der Waals surface area contributed by atoms with Crippen LogP contribution in [0.3, 0.4) is 0 Å². The minimum atomic E-state index is -3.48. The molecule has 0 aromatic heterocycles. The zero-order valence-electron chi connectivity index (χ0n) is 12.0. The van der Waals surface area contributed by atoms with E-state index < -0.39 is 16.2 Å².